The first kappa shape index (κ1) is 8.27. The summed E-state index contributed by atoms with van der Waals surface area (Å²) in [5.74, 6) is 0. The Labute approximate surface area is 76.6 Å². The third kappa shape index (κ3) is 1.87. The predicted octanol–water partition coefficient (Wildman–Crippen LogP) is 2.98. The van der Waals surface area contributed by atoms with Crippen molar-refractivity contribution < 1.29 is 0 Å². The standard InChI is InChI=1S/C8H15NS2/c1-2-4-8(5-3-1)6-7-9-11-10-8/h9H,1-7H2. The second kappa shape index (κ2) is 3.58. The normalized spacial score (nSPS) is 30.5. The van der Waals surface area contributed by atoms with Gasteiger partial charge >= 0.3 is 0 Å². The summed E-state index contributed by atoms with van der Waals surface area (Å²) in [4.78, 5) is 0. The molecular weight excluding hydrogens is 174 g/mol. The van der Waals surface area contributed by atoms with Gasteiger partial charge in [0.2, 0.25) is 0 Å². The van der Waals surface area contributed by atoms with Crippen LogP contribution in [0.1, 0.15) is 38.5 Å². The van der Waals surface area contributed by atoms with Crippen LogP contribution in [0.5, 0.6) is 0 Å². The molecule has 0 aromatic carbocycles. The highest BCUT2D eigenvalue weighted by Crippen LogP contribution is 2.49. The molecule has 1 saturated heterocycles. The zero-order chi connectivity index (χ0) is 7.57. The Balaban J connectivity index is 1.94. The summed E-state index contributed by atoms with van der Waals surface area (Å²) in [6.45, 7) is 1.22. The van der Waals surface area contributed by atoms with Crippen molar-refractivity contribution in [3.8, 4) is 0 Å². The average Bonchev–Trinajstić information content (AvgIpc) is 2.07. The van der Waals surface area contributed by atoms with Crippen molar-refractivity contribution in [2.45, 2.75) is 43.3 Å². The highest BCUT2D eigenvalue weighted by atomic mass is 33.1. The molecule has 1 nitrogen and oxygen atoms in total. The van der Waals surface area contributed by atoms with Crippen LogP contribution in [0, 0.1) is 0 Å². The van der Waals surface area contributed by atoms with Crippen LogP contribution in [-0.4, -0.2) is 11.3 Å². The Morgan fingerprint density at radius 3 is 2.45 bits per heavy atom. The van der Waals surface area contributed by atoms with Gasteiger partial charge in [0, 0.05) is 11.3 Å². The molecule has 11 heavy (non-hydrogen) atoms. The Bertz CT molecular complexity index is 107. The molecule has 0 bridgehead atoms. The second-order valence-corrected chi connectivity index (χ2v) is 6.04. The van der Waals surface area contributed by atoms with E-state index in [-0.39, 0.29) is 0 Å². The summed E-state index contributed by atoms with van der Waals surface area (Å²) in [6.07, 6.45) is 8.73. The van der Waals surface area contributed by atoms with Crippen LogP contribution >= 0.6 is 21.8 Å². The van der Waals surface area contributed by atoms with Gasteiger partial charge in [0.1, 0.15) is 0 Å². The summed E-state index contributed by atoms with van der Waals surface area (Å²) in [5, 5.41) is 0. The smallest absolute Gasteiger partial charge is 0.0288 e. The molecule has 1 aliphatic carbocycles. The molecular formula is C8H15NS2. The van der Waals surface area contributed by atoms with Crippen molar-refractivity contribution in [2.24, 2.45) is 0 Å². The van der Waals surface area contributed by atoms with Crippen LogP contribution in [-0.2, 0) is 0 Å². The fourth-order valence-corrected chi connectivity index (χ4v) is 4.78. The van der Waals surface area contributed by atoms with Gasteiger partial charge < -0.3 is 0 Å². The van der Waals surface area contributed by atoms with E-state index in [1.54, 1.807) is 0 Å². The molecule has 1 spiro atoms. The van der Waals surface area contributed by atoms with Gasteiger partial charge in [-0.1, -0.05) is 30.1 Å². The van der Waals surface area contributed by atoms with Gasteiger partial charge in [-0.05, 0) is 30.2 Å². The number of hydrogen-bond donors (Lipinski definition) is 1. The molecule has 0 radical (unpaired) electrons. The molecule has 1 aliphatic heterocycles. The Morgan fingerprint density at radius 2 is 1.82 bits per heavy atom. The molecule has 3 heteroatoms. The minimum absolute atomic E-state index is 0.675. The Kier molecular flexibility index (Phi) is 2.69. The van der Waals surface area contributed by atoms with Crippen molar-refractivity contribution in [1.82, 2.24) is 4.72 Å². The summed E-state index contributed by atoms with van der Waals surface area (Å²) in [5.41, 5.74) is 0. The van der Waals surface area contributed by atoms with E-state index in [0.717, 1.165) is 0 Å². The SMILES string of the molecule is C1CCC2(CC1)CCNSS2. The van der Waals surface area contributed by atoms with Crippen LogP contribution in [0.4, 0.5) is 0 Å². The quantitative estimate of drug-likeness (QED) is 0.465. The second-order valence-electron chi connectivity index (χ2n) is 3.55. The molecule has 2 rings (SSSR count). The van der Waals surface area contributed by atoms with E-state index >= 15 is 0 Å². The van der Waals surface area contributed by atoms with Gasteiger partial charge in [-0.25, -0.2) is 0 Å². The predicted molar refractivity (Wildman–Crippen MR) is 53.6 cm³/mol. The van der Waals surface area contributed by atoms with Crippen LogP contribution < -0.4 is 4.72 Å². The third-order valence-corrected chi connectivity index (χ3v) is 5.76. The fraction of sp³-hybridized carbons (Fsp3) is 1.00. The van der Waals surface area contributed by atoms with Crippen LogP contribution in [0.2, 0.25) is 0 Å². The lowest BCUT2D eigenvalue weighted by atomic mass is 9.86. The Morgan fingerprint density at radius 1 is 1.00 bits per heavy atom. The highest BCUT2D eigenvalue weighted by molar-refractivity contribution is 8.76. The lowest BCUT2D eigenvalue weighted by molar-refractivity contribution is 0.379. The molecule has 2 fully saturated rings. The van der Waals surface area contributed by atoms with Gasteiger partial charge in [0.05, 0.1) is 0 Å². The first-order chi connectivity index (χ1) is 5.41. The van der Waals surface area contributed by atoms with Gasteiger partial charge in [0.25, 0.3) is 0 Å². The third-order valence-electron chi connectivity index (χ3n) is 2.72. The number of nitrogens with one attached hydrogen (secondary N) is 1. The van der Waals surface area contributed by atoms with E-state index in [1.165, 1.54) is 45.1 Å². The maximum atomic E-state index is 3.34. The molecule has 0 aromatic rings. The minimum atomic E-state index is 0.675. The zero-order valence-electron chi connectivity index (χ0n) is 6.77. The summed E-state index contributed by atoms with van der Waals surface area (Å²) in [7, 11) is 3.96. The van der Waals surface area contributed by atoms with Crippen molar-refractivity contribution in [1.29, 1.82) is 0 Å². The van der Waals surface area contributed by atoms with E-state index in [4.69, 9.17) is 0 Å². The van der Waals surface area contributed by atoms with E-state index in [1.807, 2.05) is 11.0 Å². The van der Waals surface area contributed by atoms with Gasteiger partial charge in [-0.15, -0.1) is 0 Å². The molecule has 64 valence electrons. The molecule has 2 aliphatic rings. The zero-order valence-corrected chi connectivity index (χ0v) is 8.40. The number of rotatable bonds is 0. The largest absolute Gasteiger partial charge is 0.255 e. The topological polar surface area (TPSA) is 12.0 Å². The van der Waals surface area contributed by atoms with Crippen molar-refractivity contribution in [3.63, 3.8) is 0 Å². The molecule has 1 heterocycles. The van der Waals surface area contributed by atoms with E-state index in [9.17, 15) is 0 Å². The van der Waals surface area contributed by atoms with Crippen LogP contribution in [0.3, 0.4) is 0 Å². The Hall–Kier alpha value is 0.660. The van der Waals surface area contributed by atoms with Crippen LogP contribution in [0.15, 0.2) is 0 Å². The van der Waals surface area contributed by atoms with Crippen molar-refractivity contribution in [3.05, 3.63) is 0 Å². The van der Waals surface area contributed by atoms with E-state index < -0.39 is 0 Å². The average molecular weight is 189 g/mol. The lowest BCUT2D eigenvalue weighted by Gasteiger charge is -2.38. The maximum Gasteiger partial charge on any atom is 0.0288 e. The van der Waals surface area contributed by atoms with Crippen molar-refractivity contribution >= 4 is 21.8 Å². The molecule has 1 saturated carbocycles. The van der Waals surface area contributed by atoms with E-state index in [0.29, 0.717) is 4.75 Å². The fourth-order valence-electron chi connectivity index (χ4n) is 2.01. The van der Waals surface area contributed by atoms with E-state index in [2.05, 4.69) is 15.5 Å². The van der Waals surface area contributed by atoms with Gasteiger partial charge in [-0.3, -0.25) is 4.72 Å². The molecule has 0 amide bonds. The maximum absolute atomic E-state index is 3.34. The van der Waals surface area contributed by atoms with Crippen molar-refractivity contribution in [2.75, 3.05) is 6.54 Å². The van der Waals surface area contributed by atoms with Gasteiger partial charge in [-0.2, -0.15) is 0 Å². The monoisotopic (exact) mass is 189 g/mol. The lowest BCUT2D eigenvalue weighted by Crippen LogP contribution is -2.33. The first-order valence-electron chi connectivity index (χ1n) is 4.49. The van der Waals surface area contributed by atoms with Gasteiger partial charge in [0.15, 0.2) is 0 Å². The summed E-state index contributed by atoms with van der Waals surface area (Å²) in [6, 6.07) is 0. The first-order valence-corrected chi connectivity index (χ1v) is 6.64. The minimum Gasteiger partial charge on any atom is -0.255 e. The van der Waals surface area contributed by atoms with Crippen LogP contribution in [0.25, 0.3) is 0 Å². The molecule has 1 N–H and O–H groups in total. The summed E-state index contributed by atoms with van der Waals surface area (Å²) < 4.78 is 4.01. The number of hydrogen-bond acceptors (Lipinski definition) is 3. The molecule has 0 unspecified atom stereocenters. The summed E-state index contributed by atoms with van der Waals surface area (Å²) >= 11 is 0. The molecule has 0 aromatic heterocycles. The highest BCUT2D eigenvalue weighted by Gasteiger charge is 2.34. The molecule has 0 atom stereocenters.